The molecule has 21 heavy (non-hydrogen) atoms. The summed E-state index contributed by atoms with van der Waals surface area (Å²) in [6.45, 7) is 0.299. The Balaban J connectivity index is 1.97. The molecular weight excluding hydrogens is 270 g/mol. The lowest BCUT2D eigenvalue weighted by Crippen LogP contribution is -2.23. The van der Waals surface area contributed by atoms with Gasteiger partial charge in [-0.3, -0.25) is 9.63 Å². The summed E-state index contributed by atoms with van der Waals surface area (Å²) in [4.78, 5) is 17.2. The summed E-state index contributed by atoms with van der Waals surface area (Å²) < 4.78 is 10.2. The van der Waals surface area contributed by atoms with E-state index in [0.29, 0.717) is 23.7 Å². The Labute approximate surface area is 123 Å². The van der Waals surface area contributed by atoms with Crippen LogP contribution in [-0.2, 0) is 11.4 Å². The number of nitrogens with one attached hydrogen (secondary N) is 1. The lowest BCUT2D eigenvalue weighted by Gasteiger charge is -2.09. The quantitative estimate of drug-likeness (QED) is 0.830. The third kappa shape index (κ3) is 4.22. The van der Waals surface area contributed by atoms with Crippen LogP contribution in [0.15, 0.2) is 48.5 Å². The molecule has 0 aliphatic carbocycles. The highest BCUT2D eigenvalue weighted by molar-refractivity contribution is 5.94. The van der Waals surface area contributed by atoms with E-state index in [1.807, 2.05) is 30.3 Å². The summed E-state index contributed by atoms with van der Waals surface area (Å²) in [5, 5.41) is 0. The molecule has 0 bridgehead atoms. The van der Waals surface area contributed by atoms with Crippen LogP contribution in [0.3, 0.4) is 0 Å². The molecule has 0 fully saturated rings. The summed E-state index contributed by atoms with van der Waals surface area (Å²) in [5.74, 6) is 0.730. The number of carbonyl (C=O) groups excluding carboxylic acids is 1. The third-order valence-electron chi connectivity index (χ3n) is 2.86. The number of rotatable bonds is 6. The molecule has 2 aromatic rings. The molecule has 1 amide bonds. The van der Waals surface area contributed by atoms with Crippen molar-refractivity contribution < 1.29 is 19.1 Å². The molecule has 110 valence electrons. The van der Waals surface area contributed by atoms with E-state index in [1.54, 1.807) is 18.2 Å². The SMILES string of the molecule is COc1cc(OC)cc(C(=O)NOCc2ccccc2)c1. The van der Waals surface area contributed by atoms with Crippen molar-refractivity contribution in [2.24, 2.45) is 0 Å². The molecule has 0 aliphatic heterocycles. The minimum Gasteiger partial charge on any atom is -0.497 e. The highest BCUT2D eigenvalue weighted by atomic mass is 16.6. The maximum absolute atomic E-state index is 12.0. The first-order chi connectivity index (χ1) is 10.2. The first kappa shape index (κ1) is 14.9. The van der Waals surface area contributed by atoms with Gasteiger partial charge in [-0.15, -0.1) is 0 Å². The number of carbonyl (C=O) groups is 1. The molecule has 0 unspecified atom stereocenters. The second kappa shape index (κ2) is 7.31. The Bertz CT molecular complexity index is 576. The zero-order valence-electron chi connectivity index (χ0n) is 12.0. The highest BCUT2D eigenvalue weighted by Crippen LogP contribution is 2.22. The van der Waals surface area contributed by atoms with Crippen LogP contribution in [-0.4, -0.2) is 20.1 Å². The predicted molar refractivity (Wildman–Crippen MR) is 78.2 cm³/mol. The number of hydrogen-bond acceptors (Lipinski definition) is 4. The van der Waals surface area contributed by atoms with Crippen LogP contribution in [0.4, 0.5) is 0 Å². The Morgan fingerprint density at radius 1 is 1.00 bits per heavy atom. The van der Waals surface area contributed by atoms with Gasteiger partial charge in [0.15, 0.2) is 0 Å². The lowest BCUT2D eigenvalue weighted by atomic mass is 10.2. The minimum absolute atomic E-state index is 0.299. The Kier molecular flexibility index (Phi) is 5.17. The molecule has 0 heterocycles. The van der Waals surface area contributed by atoms with Crippen molar-refractivity contribution >= 4 is 5.91 Å². The summed E-state index contributed by atoms with van der Waals surface area (Å²) >= 11 is 0. The molecule has 0 atom stereocenters. The van der Waals surface area contributed by atoms with Gasteiger partial charge < -0.3 is 9.47 Å². The molecule has 0 spiro atoms. The van der Waals surface area contributed by atoms with E-state index in [1.165, 1.54) is 14.2 Å². The fourth-order valence-corrected chi connectivity index (χ4v) is 1.76. The fourth-order valence-electron chi connectivity index (χ4n) is 1.76. The first-order valence-electron chi connectivity index (χ1n) is 6.42. The molecule has 2 rings (SSSR count). The van der Waals surface area contributed by atoms with Crippen molar-refractivity contribution in [3.05, 3.63) is 59.7 Å². The van der Waals surface area contributed by atoms with Crippen molar-refractivity contribution in [1.29, 1.82) is 0 Å². The van der Waals surface area contributed by atoms with E-state index in [-0.39, 0.29) is 5.91 Å². The van der Waals surface area contributed by atoms with Crippen LogP contribution in [0.1, 0.15) is 15.9 Å². The average molecular weight is 287 g/mol. The van der Waals surface area contributed by atoms with Gasteiger partial charge in [-0.25, -0.2) is 5.48 Å². The average Bonchev–Trinajstić information content (AvgIpc) is 2.55. The summed E-state index contributed by atoms with van der Waals surface area (Å²) in [7, 11) is 3.06. The number of hydroxylamine groups is 1. The minimum atomic E-state index is -0.358. The Hall–Kier alpha value is -2.53. The summed E-state index contributed by atoms with van der Waals surface area (Å²) in [6.07, 6.45) is 0. The van der Waals surface area contributed by atoms with Gasteiger partial charge in [-0.2, -0.15) is 0 Å². The van der Waals surface area contributed by atoms with E-state index >= 15 is 0 Å². The molecule has 0 aromatic heterocycles. The standard InChI is InChI=1S/C16H17NO4/c1-19-14-8-13(9-15(10-14)20-2)16(18)17-21-11-12-6-4-3-5-7-12/h3-10H,11H2,1-2H3,(H,17,18). The molecule has 5 heteroatoms. The number of ether oxygens (including phenoxy) is 2. The van der Waals surface area contributed by atoms with E-state index in [0.717, 1.165) is 5.56 Å². The second-order valence-electron chi connectivity index (χ2n) is 4.31. The van der Waals surface area contributed by atoms with E-state index in [9.17, 15) is 4.79 Å². The largest absolute Gasteiger partial charge is 0.497 e. The van der Waals surface area contributed by atoms with Gasteiger partial charge in [-0.05, 0) is 17.7 Å². The molecule has 0 aliphatic rings. The van der Waals surface area contributed by atoms with Crippen molar-refractivity contribution in [1.82, 2.24) is 5.48 Å². The van der Waals surface area contributed by atoms with Crippen LogP contribution in [0, 0.1) is 0 Å². The highest BCUT2D eigenvalue weighted by Gasteiger charge is 2.09. The van der Waals surface area contributed by atoms with Gasteiger partial charge in [-0.1, -0.05) is 30.3 Å². The number of amides is 1. The van der Waals surface area contributed by atoms with Crippen LogP contribution in [0.5, 0.6) is 11.5 Å². The van der Waals surface area contributed by atoms with E-state index < -0.39 is 0 Å². The van der Waals surface area contributed by atoms with Gasteiger partial charge in [0.25, 0.3) is 5.91 Å². The number of hydrogen-bond donors (Lipinski definition) is 1. The van der Waals surface area contributed by atoms with E-state index in [2.05, 4.69) is 5.48 Å². The smallest absolute Gasteiger partial charge is 0.275 e. The maximum atomic E-state index is 12.0. The molecular formula is C16H17NO4. The van der Waals surface area contributed by atoms with Crippen molar-refractivity contribution in [2.45, 2.75) is 6.61 Å². The van der Waals surface area contributed by atoms with Gasteiger partial charge in [0.1, 0.15) is 11.5 Å². The van der Waals surface area contributed by atoms with Gasteiger partial charge >= 0.3 is 0 Å². The molecule has 1 N–H and O–H groups in total. The number of methoxy groups -OCH3 is 2. The van der Waals surface area contributed by atoms with Crippen molar-refractivity contribution in [3.8, 4) is 11.5 Å². The van der Waals surface area contributed by atoms with Gasteiger partial charge in [0, 0.05) is 11.6 Å². The lowest BCUT2D eigenvalue weighted by molar-refractivity contribution is 0.0233. The first-order valence-corrected chi connectivity index (χ1v) is 6.42. The van der Waals surface area contributed by atoms with Crippen LogP contribution in [0.25, 0.3) is 0 Å². The summed E-state index contributed by atoms with van der Waals surface area (Å²) in [6, 6.07) is 14.5. The zero-order chi connectivity index (χ0) is 15.1. The topological polar surface area (TPSA) is 56.8 Å². The monoisotopic (exact) mass is 287 g/mol. The van der Waals surface area contributed by atoms with Crippen molar-refractivity contribution in [3.63, 3.8) is 0 Å². The molecule has 0 saturated heterocycles. The second-order valence-corrected chi connectivity index (χ2v) is 4.31. The Morgan fingerprint density at radius 3 is 2.19 bits per heavy atom. The molecule has 0 radical (unpaired) electrons. The third-order valence-corrected chi connectivity index (χ3v) is 2.86. The summed E-state index contributed by atoms with van der Waals surface area (Å²) in [5.41, 5.74) is 3.78. The van der Waals surface area contributed by atoms with Gasteiger partial charge in [0.2, 0.25) is 0 Å². The predicted octanol–water partition coefficient (Wildman–Crippen LogP) is 2.57. The van der Waals surface area contributed by atoms with Crippen LogP contribution in [0.2, 0.25) is 0 Å². The normalized spacial score (nSPS) is 10.0. The molecule has 5 nitrogen and oxygen atoms in total. The number of benzene rings is 2. The Morgan fingerprint density at radius 2 is 1.62 bits per heavy atom. The maximum Gasteiger partial charge on any atom is 0.275 e. The fraction of sp³-hybridized carbons (Fsp3) is 0.188. The molecule has 0 saturated carbocycles. The van der Waals surface area contributed by atoms with Crippen molar-refractivity contribution in [2.75, 3.05) is 14.2 Å². The van der Waals surface area contributed by atoms with E-state index in [4.69, 9.17) is 14.3 Å². The van der Waals surface area contributed by atoms with Crippen LogP contribution < -0.4 is 15.0 Å². The molecule has 2 aromatic carbocycles. The zero-order valence-corrected chi connectivity index (χ0v) is 12.0. The van der Waals surface area contributed by atoms with Gasteiger partial charge in [0.05, 0.1) is 20.8 Å². The van der Waals surface area contributed by atoms with Crippen LogP contribution >= 0.6 is 0 Å².